The van der Waals surface area contributed by atoms with Gasteiger partial charge in [-0.25, -0.2) is 0 Å². The van der Waals surface area contributed by atoms with Crippen LogP contribution in [0.25, 0.3) is 10.9 Å². The molecule has 3 heterocycles. The van der Waals surface area contributed by atoms with Gasteiger partial charge in [-0.2, -0.15) is 0 Å². The highest BCUT2D eigenvalue weighted by molar-refractivity contribution is 5.84. The van der Waals surface area contributed by atoms with Crippen molar-refractivity contribution in [1.82, 2.24) is 14.8 Å². The lowest BCUT2D eigenvalue weighted by molar-refractivity contribution is -0.149. The first-order valence-electron chi connectivity index (χ1n) is 12.6. The molecule has 8 nitrogen and oxygen atoms in total. The highest BCUT2D eigenvalue weighted by atomic mass is 16.4. The van der Waals surface area contributed by atoms with Crippen LogP contribution in [0.5, 0.6) is 0 Å². The van der Waals surface area contributed by atoms with E-state index in [1.807, 2.05) is 9.80 Å². The summed E-state index contributed by atoms with van der Waals surface area (Å²) in [5.74, 6) is -0.542. The van der Waals surface area contributed by atoms with Gasteiger partial charge in [-0.1, -0.05) is 18.6 Å². The van der Waals surface area contributed by atoms with Crippen LogP contribution < -0.4 is 5.73 Å². The number of amides is 1. The Morgan fingerprint density at radius 3 is 2.76 bits per heavy atom. The van der Waals surface area contributed by atoms with Gasteiger partial charge >= 0.3 is 5.97 Å². The second-order valence-corrected chi connectivity index (χ2v) is 9.87. The first-order valence-corrected chi connectivity index (χ1v) is 12.6. The maximum Gasteiger partial charge on any atom is 0.320 e. The molecule has 2 aliphatic rings. The molecule has 1 aromatic heterocycles. The molecule has 0 bridgehead atoms. The van der Waals surface area contributed by atoms with Gasteiger partial charge in [0.15, 0.2) is 0 Å². The Morgan fingerprint density at radius 1 is 1.18 bits per heavy atom. The van der Waals surface area contributed by atoms with E-state index in [9.17, 15) is 14.7 Å². The summed E-state index contributed by atoms with van der Waals surface area (Å²) >= 11 is 0. The van der Waals surface area contributed by atoms with E-state index >= 15 is 0 Å². The number of aromatic amines is 1. The lowest BCUT2D eigenvalue weighted by Gasteiger charge is -2.40. The number of aromatic nitrogens is 1. The summed E-state index contributed by atoms with van der Waals surface area (Å²) in [7, 11) is 0. The van der Waals surface area contributed by atoms with Gasteiger partial charge in [0.1, 0.15) is 6.04 Å². The maximum atomic E-state index is 13.5. The lowest BCUT2D eigenvalue weighted by Crippen LogP contribution is -2.56. The zero-order valence-electron chi connectivity index (χ0n) is 20.1. The standard InChI is InChI=1S/C26H37N5O3/c1-17(26(33)34)30-13-3-2-6-23(30)25(32)31-14-4-5-21(31)11-10-20-16-19-9-7-18(8-12-24(27)28)15-22(19)29-20/h7,9,15-17,21,23,29H,2-6,8,10-14H2,1H3,(H3,27,28)(H,33,34)/t17?,21-,23?/m0/s1. The van der Waals surface area contributed by atoms with Gasteiger partial charge in [0.05, 0.1) is 11.9 Å². The molecule has 2 fully saturated rings. The minimum atomic E-state index is -0.860. The van der Waals surface area contributed by atoms with Crippen LogP contribution in [0.1, 0.15) is 63.1 Å². The number of carbonyl (C=O) groups excluding carboxylic acids is 1. The Morgan fingerprint density at radius 2 is 2.00 bits per heavy atom. The number of piperidine rings is 1. The van der Waals surface area contributed by atoms with Crippen molar-refractivity contribution in [3.63, 3.8) is 0 Å². The summed E-state index contributed by atoms with van der Waals surface area (Å²) < 4.78 is 0. The van der Waals surface area contributed by atoms with Crippen LogP contribution in [0.15, 0.2) is 24.3 Å². The molecule has 2 aliphatic heterocycles. The summed E-state index contributed by atoms with van der Waals surface area (Å²) in [5, 5.41) is 18.1. The number of likely N-dealkylation sites (tertiary alicyclic amines) is 2. The molecule has 3 atom stereocenters. The van der Waals surface area contributed by atoms with E-state index in [2.05, 4.69) is 29.2 Å². The van der Waals surface area contributed by atoms with E-state index in [1.54, 1.807) is 6.92 Å². The maximum absolute atomic E-state index is 13.5. The minimum Gasteiger partial charge on any atom is -0.480 e. The molecule has 2 aromatic rings. The van der Waals surface area contributed by atoms with Gasteiger partial charge in [0.2, 0.25) is 5.91 Å². The average Bonchev–Trinajstić information content (AvgIpc) is 3.46. The van der Waals surface area contributed by atoms with E-state index < -0.39 is 12.0 Å². The Balaban J connectivity index is 1.39. The molecule has 1 amide bonds. The van der Waals surface area contributed by atoms with Gasteiger partial charge in [0, 0.05) is 30.2 Å². The van der Waals surface area contributed by atoms with E-state index in [4.69, 9.17) is 11.1 Å². The van der Waals surface area contributed by atoms with Crippen LogP contribution in [0.3, 0.4) is 0 Å². The zero-order chi connectivity index (χ0) is 24.2. The quantitative estimate of drug-likeness (QED) is 0.332. The number of H-pyrrole nitrogens is 1. The Hall–Kier alpha value is -2.87. The Bertz CT molecular complexity index is 1050. The normalized spacial score (nSPS) is 22.2. The molecule has 5 N–H and O–H groups in total. The van der Waals surface area contributed by atoms with Crippen LogP contribution in [0.2, 0.25) is 0 Å². The third-order valence-electron chi connectivity index (χ3n) is 7.52. The number of carbonyl (C=O) groups is 2. The fraction of sp³-hybridized carbons (Fsp3) is 0.577. The fourth-order valence-corrected chi connectivity index (χ4v) is 5.57. The molecule has 8 heteroatoms. The van der Waals surface area contributed by atoms with Crippen molar-refractivity contribution < 1.29 is 14.7 Å². The van der Waals surface area contributed by atoms with Crippen LogP contribution in [-0.2, 0) is 22.4 Å². The number of nitrogens with one attached hydrogen (secondary N) is 2. The van der Waals surface area contributed by atoms with Crippen LogP contribution in [0, 0.1) is 5.41 Å². The molecule has 0 radical (unpaired) electrons. The Labute approximate surface area is 201 Å². The molecule has 184 valence electrons. The number of aryl methyl sites for hydroxylation is 2. The average molecular weight is 468 g/mol. The van der Waals surface area contributed by atoms with Crippen molar-refractivity contribution in [3.05, 3.63) is 35.5 Å². The van der Waals surface area contributed by atoms with Crippen molar-refractivity contribution in [2.24, 2.45) is 5.73 Å². The van der Waals surface area contributed by atoms with Gasteiger partial charge in [0.25, 0.3) is 0 Å². The Kier molecular flexibility index (Phi) is 7.56. The predicted octanol–water partition coefficient (Wildman–Crippen LogP) is 3.29. The van der Waals surface area contributed by atoms with E-state index in [-0.39, 0.29) is 23.8 Å². The molecule has 34 heavy (non-hydrogen) atoms. The summed E-state index contributed by atoms with van der Waals surface area (Å²) in [6.45, 7) is 3.13. The lowest BCUT2D eigenvalue weighted by atomic mass is 9.98. The van der Waals surface area contributed by atoms with Gasteiger partial charge in [-0.15, -0.1) is 0 Å². The monoisotopic (exact) mass is 467 g/mol. The molecule has 4 rings (SSSR count). The number of aliphatic carboxylic acids is 1. The van der Waals surface area contributed by atoms with Crippen LogP contribution in [-0.4, -0.2) is 68.8 Å². The fourth-order valence-electron chi connectivity index (χ4n) is 5.57. The zero-order valence-corrected chi connectivity index (χ0v) is 20.1. The molecule has 0 spiro atoms. The SMILES string of the molecule is CC(C(=O)O)N1CCCCC1C(=O)N1CCC[C@H]1CCc1cc2ccc(CCC(=N)N)cc2[nH]1. The number of amidine groups is 1. The second kappa shape index (κ2) is 10.6. The summed E-state index contributed by atoms with van der Waals surface area (Å²) in [6, 6.07) is 7.76. The predicted molar refractivity (Wildman–Crippen MR) is 133 cm³/mol. The highest BCUT2D eigenvalue weighted by Crippen LogP contribution is 2.28. The molecule has 0 saturated carbocycles. The number of hydrogen-bond acceptors (Lipinski definition) is 4. The molecule has 2 unspecified atom stereocenters. The van der Waals surface area contributed by atoms with Crippen LogP contribution in [0.4, 0.5) is 0 Å². The number of nitrogens with two attached hydrogens (primary N) is 1. The van der Waals surface area contributed by atoms with E-state index in [1.165, 1.54) is 5.39 Å². The molecular weight excluding hydrogens is 430 g/mol. The summed E-state index contributed by atoms with van der Waals surface area (Å²) in [4.78, 5) is 32.5. The minimum absolute atomic E-state index is 0.113. The number of rotatable bonds is 9. The van der Waals surface area contributed by atoms with Crippen LogP contribution >= 0.6 is 0 Å². The third-order valence-corrected chi connectivity index (χ3v) is 7.52. The third kappa shape index (κ3) is 5.43. The number of carboxylic acid groups (broad SMARTS) is 1. The summed E-state index contributed by atoms with van der Waals surface area (Å²) in [6.07, 6.45) is 7.76. The van der Waals surface area contributed by atoms with Crippen molar-refractivity contribution in [2.75, 3.05) is 13.1 Å². The molecular formula is C26H37N5O3. The second-order valence-electron chi connectivity index (χ2n) is 9.87. The molecule has 2 saturated heterocycles. The first-order chi connectivity index (χ1) is 16.3. The van der Waals surface area contributed by atoms with E-state index in [0.29, 0.717) is 13.0 Å². The number of benzene rings is 1. The van der Waals surface area contributed by atoms with Crippen molar-refractivity contribution >= 4 is 28.6 Å². The summed E-state index contributed by atoms with van der Waals surface area (Å²) in [5.41, 5.74) is 8.91. The largest absolute Gasteiger partial charge is 0.480 e. The number of hydrogen-bond donors (Lipinski definition) is 4. The number of nitrogens with zero attached hydrogens (tertiary/aromatic N) is 2. The van der Waals surface area contributed by atoms with Gasteiger partial charge in [-0.3, -0.25) is 19.9 Å². The highest BCUT2D eigenvalue weighted by Gasteiger charge is 2.39. The van der Waals surface area contributed by atoms with E-state index in [0.717, 1.165) is 74.7 Å². The topological polar surface area (TPSA) is 127 Å². The molecule has 1 aromatic carbocycles. The van der Waals surface area contributed by atoms with Gasteiger partial charge < -0.3 is 20.7 Å². The molecule has 0 aliphatic carbocycles. The number of carboxylic acids is 1. The smallest absolute Gasteiger partial charge is 0.320 e. The van der Waals surface area contributed by atoms with Crippen molar-refractivity contribution in [2.45, 2.75) is 82.8 Å². The van der Waals surface area contributed by atoms with Gasteiger partial charge in [-0.05, 0) is 81.5 Å². The number of fused-ring (bicyclic) bond motifs is 1. The first kappa shape index (κ1) is 24.3. The van der Waals surface area contributed by atoms with Crippen molar-refractivity contribution in [1.29, 1.82) is 5.41 Å². The van der Waals surface area contributed by atoms with Crippen molar-refractivity contribution in [3.8, 4) is 0 Å².